The van der Waals surface area contributed by atoms with E-state index in [0.717, 1.165) is 4.90 Å². The first kappa shape index (κ1) is 14.8. The third-order valence-corrected chi connectivity index (χ3v) is 3.83. The summed E-state index contributed by atoms with van der Waals surface area (Å²) in [6.45, 7) is -0.298. The molecule has 0 aromatic heterocycles. The van der Waals surface area contributed by atoms with Gasteiger partial charge in [0.15, 0.2) is 0 Å². The molecule has 116 valence electrons. The van der Waals surface area contributed by atoms with Crippen LogP contribution in [0.1, 0.15) is 20.7 Å². The van der Waals surface area contributed by atoms with Gasteiger partial charge < -0.3 is 10.6 Å². The molecule has 2 aromatic rings. The molecule has 1 aliphatic rings. The highest BCUT2D eigenvalue weighted by atomic mass is 16.2. The number of fused-ring (bicyclic) bond motifs is 1. The van der Waals surface area contributed by atoms with Gasteiger partial charge in [-0.1, -0.05) is 12.1 Å². The number of carbonyl (C=O) groups is 3. The van der Waals surface area contributed by atoms with Gasteiger partial charge in [0, 0.05) is 18.4 Å². The Hall–Kier alpha value is -3.15. The molecular formula is C17H15N3O3. The molecule has 0 spiro atoms. The number of hydrogen-bond donors (Lipinski definition) is 1. The fraction of sp³-hybridized carbons (Fsp3) is 0.118. The van der Waals surface area contributed by atoms with Crippen molar-refractivity contribution >= 4 is 29.1 Å². The zero-order valence-corrected chi connectivity index (χ0v) is 12.5. The molecular weight excluding hydrogens is 294 g/mol. The topological polar surface area (TPSA) is 83.7 Å². The average molecular weight is 309 g/mol. The first-order valence-electron chi connectivity index (χ1n) is 7.06. The minimum Gasteiger partial charge on any atom is -0.399 e. The monoisotopic (exact) mass is 309 g/mol. The summed E-state index contributed by atoms with van der Waals surface area (Å²) >= 11 is 0. The Kier molecular flexibility index (Phi) is 3.57. The van der Waals surface area contributed by atoms with E-state index in [1.165, 1.54) is 4.90 Å². The molecule has 0 fully saturated rings. The van der Waals surface area contributed by atoms with E-state index < -0.39 is 11.8 Å². The number of carbonyl (C=O) groups excluding carboxylic acids is 3. The van der Waals surface area contributed by atoms with Crippen LogP contribution < -0.4 is 10.6 Å². The van der Waals surface area contributed by atoms with E-state index in [0.29, 0.717) is 22.5 Å². The van der Waals surface area contributed by atoms with E-state index in [1.807, 2.05) is 0 Å². The summed E-state index contributed by atoms with van der Waals surface area (Å²) in [5.41, 5.74) is 7.52. The Morgan fingerprint density at radius 2 is 1.52 bits per heavy atom. The van der Waals surface area contributed by atoms with Crippen molar-refractivity contribution in [1.82, 2.24) is 4.90 Å². The van der Waals surface area contributed by atoms with E-state index in [1.54, 1.807) is 55.6 Å². The van der Waals surface area contributed by atoms with E-state index in [9.17, 15) is 14.4 Å². The molecule has 0 aliphatic carbocycles. The fourth-order valence-electron chi connectivity index (χ4n) is 2.47. The number of nitrogens with two attached hydrogens (primary N) is 1. The molecule has 0 saturated heterocycles. The molecule has 3 rings (SSSR count). The summed E-state index contributed by atoms with van der Waals surface area (Å²) in [5, 5.41) is 0. The minimum atomic E-state index is -0.440. The van der Waals surface area contributed by atoms with Crippen LogP contribution in [0, 0.1) is 0 Å². The maximum Gasteiger partial charge on any atom is 0.262 e. The van der Waals surface area contributed by atoms with Crippen LogP contribution in [0.3, 0.4) is 0 Å². The van der Waals surface area contributed by atoms with Crippen LogP contribution in [0.4, 0.5) is 11.4 Å². The number of rotatable bonds is 3. The van der Waals surface area contributed by atoms with Gasteiger partial charge in [-0.3, -0.25) is 19.3 Å². The van der Waals surface area contributed by atoms with Crippen molar-refractivity contribution in [1.29, 1.82) is 0 Å². The van der Waals surface area contributed by atoms with Crippen molar-refractivity contribution in [2.45, 2.75) is 0 Å². The van der Waals surface area contributed by atoms with Gasteiger partial charge >= 0.3 is 0 Å². The lowest BCUT2D eigenvalue weighted by Gasteiger charge is -2.20. The van der Waals surface area contributed by atoms with Crippen LogP contribution in [0.5, 0.6) is 0 Å². The predicted molar refractivity (Wildman–Crippen MR) is 86.1 cm³/mol. The maximum atomic E-state index is 12.4. The molecule has 2 N–H and O–H groups in total. The first-order chi connectivity index (χ1) is 11.0. The SMILES string of the molecule is CN(C(=O)CN1C(=O)c2ccccc2C1=O)c1ccc(N)cc1. The molecule has 0 atom stereocenters. The highest BCUT2D eigenvalue weighted by Crippen LogP contribution is 2.23. The Morgan fingerprint density at radius 3 is 2.04 bits per heavy atom. The lowest BCUT2D eigenvalue weighted by molar-refractivity contribution is -0.118. The Bertz CT molecular complexity index is 764. The van der Waals surface area contributed by atoms with Gasteiger partial charge in [0.25, 0.3) is 11.8 Å². The predicted octanol–water partition coefficient (Wildman–Crippen LogP) is 1.53. The first-order valence-corrected chi connectivity index (χ1v) is 7.06. The summed E-state index contributed by atoms with van der Waals surface area (Å²) in [7, 11) is 1.59. The standard InChI is InChI=1S/C17H15N3O3/c1-19(12-8-6-11(18)7-9-12)15(21)10-20-16(22)13-4-2-3-5-14(13)17(20)23/h2-9H,10,18H2,1H3. The Labute approximate surface area is 133 Å². The number of anilines is 2. The summed E-state index contributed by atoms with van der Waals surface area (Å²) in [6.07, 6.45) is 0. The number of benzene rings is 2. The number of amides is 3. The molecule has 1 aliphatic heterocycles. The highest BCUT2D eigenvalue weighted by Gasteiger charge is 2.36. The van der Waals surface area contributed by atoms with Crippen LogP contribution in [-0.4, -0.2) is 36.2 Å². The van der Waals surface area contributed by atoms with Crippen molar-refractivity contribution in [3.8, 4) is 0 Å². The van der Waals surface area contributed by atoms with Crippen molar-refractivity contribution in [3.05, 3.63) is 59.7 Å². The van der Waals surface area contributed by atoms with Gasteiger partial charge in [0.05, 0.1) is 11.1 Å². The maximum absolute atomic E-state index is 12.4. The summed E-state index contributed by atoms with van der Waals surface area (Å²) in [6, 6.07) is 13.3. The number of likely N-dealkylation sites (N-methyl/N-ethyl adjacent to an activating group) is 1. The van der Waals surface area contributed by atoms with E-state index in [4.69, 9.17) is 5.73 Å². The van der Waals surface area contributed by atoms with Crippen molar-refractivity contribution in [2.24, 2.45) is 0 Å². The van der Waals surface area contributed by atoms with Crippen LogP contribution in [0.25, 0.3) is 0 Å². The normalized spacial score (nSPS) is 13.2. The zero-order valence-electron chi connectivity index (χ0n) is 12.5. The quantitative estimate of drug-likeness (QED) is 0.688. The van der Waals surface area contributed by atoms with Crippen LogP contribution in [-0.2, 0) is 4.79 Å². The molecule has 3 amide bonds. The van der Waals surface area contributed by atoms with Gasteiger partial charge in [-0.25, -0.2) is 0 Å². The summed E-state index contributed by atoms with van der Waals surface area (Å²) < 4.78 is 0. The van der Waals surface area contributed by atoms with Gasteiger partial charge in [-0.05, 0) is 36.4 Å². The second kappa shape index (κ2) is 5.57. The molecule has 0 radical (unpaired) electrons. The molecule has 0 saturated carbocycles. The number of nitrogen functional groups attached to an aromatic ring is 1. The average Bonchev–Trinajstić information content (AvgIpc) is 2.80. The second-order valence-electron chi connectivity index (χ2n) is 5.29. The third kappa shape index (κ3) is 2.55. The van der Waals surface area contributed by atoms with Crippen molar-refractivity contribution in [3.63, 3.8) is 0 Å². The molecule has 6 nitrogen and oxygen atoms in total. The van der Waals surface area contributed by atoms with E-state index in [-0.39, 0.29) is 12.5 Å². The number of imide groups is 1. The van der Waals surface area contributed by atoms with Crippen LogP contribution in [0.15, 0.2) is 48.5 Å². The van der Waals surface area contributed by atoms with Crippen molar-refractivity contribution in [2.75, 3.05) is 24.2 Å². The third-order valence-electron chi connectivity index (χ3n) is 3.83. The van der Waals surface area contributed by atoms with Crippen molar-refractivity contribution < 1.29 is 14.4 Å². The highest BCUT2D eigenvalue weighted by molar-refractivity contribution is 6.22. The fourth-order valence-corrected chi connectivity index (χ4v) is 2.47. The molecule has 6 heteroatoms. The Balaban J connectivity index is 1.77. The Morgan fingerprint density at radius 1 is 1.00 bits per heavy atom. The number of nitrogens with zero attached hydrogens (tertiary/aromatic N) is 2. The zero-order chi connectivity index (χ0) is 16.6. The summed E-state index contributed by atoms with van der Waals surface area (Å²) in [5.74, 6) is -1.24. The molecule has 0 unspecified atom stereocenters. The molecule has 2 aromatic carbocycles. The van der Waals surface area contributed by atoms with Gasteiger partial charge in [0.2, 0.25) is 5.91 Å². The van der Waals surface area contributed by atoms with Gasteiger partial charge in [-0.15, -0.1) is 0 Å². The van der Waals surface area contributed by atoms with Gasteiger partial charge in [-0.2, -0.15) is 0 Å². The van der Waals surface area contributed by atoms with E-state index >= 15 is 0 Å². The lowest BCUT2D eigenvalue weighted by atomic mass is 10.1. The van der Waals surface area contributed by atoms with Crippen LogP contribution in [0.2, 0.25) is 0 Å². The largest absolute Gasteiger partial charge is 0.399 e. The lowest BCUT2D eigenvalue weighted by Crippen LogP contribution is -2.41. The summed E-state index contributed by atoms with van der Waals surface area (Å²) in [4.78, 5) is 39.3. The molecule has 0 bridgehead atoms. The number of hydrogen-bond acceptors (Lipinski definition) is 4. The van der Waals surface area contributed by atoms with Gasteiger partial charge in [0.1, 0.15) is 6.54 Å². The van der Waals surface area contributed by atoms with Crippen LogP contribution >= 0.6 is 0 Å². The van der Waals surface area contributed by atoms with E-state index in [2.05, 4.69) is 0 Å². The second-order valence-corrected chi connectivity index (χ2v) is 5.29. The minimum absolute atomic E-state index is 0.298. The smallest absolute Gasteiger partial charge is 0.262 e. The molecule has 1 heterocycles. The molecule has 23 heavy (non-hydrogen) atoms.